The van der Waals surface area contributed by atoms with Gasteiger partial charge in [-0.15, -0.1) is 10.2 Å². The van der Waals surface area contributed by atoms with E-state index in [9.17, 15) is 4.79 Å². The quantitative estimate of drug-likeness (QED) is 0.774. The molecule has 1 amide bonds. The van der Waals surface area contributed by atoms with Crippen LogP contribution >= 0.6 is 11.6 Å². The van der Waals surface area contributed by atoms with Crippen LogP contribution in [0.1, 0.15) is 12.0 Å². The Labute approximate surface area is 144 Å². The standard InChI is InChI=1S/C17H16ClN5O/c1-23-16(13-8-10-19-11-9-13)21-22-17(23)20-15(24)7-4-12-2-5-14(18)6-3-12/h2-3,5-6,8-11H,4,7H2,1H3,(H,20,22,24). The van der Waals surface area contributed by atoms with Crippen LogP contribution in [0.5, 0.6) is 0 Å². The van der Waals surface area contributed by atoms with Gasteiger partial charge in [-0.3, -0.25) is 19.7 Å². The van der Waals surface area contributed by atoms with Crippen LogP contribution in [0, 0.1) is 0 Å². The van der Waals surface area contributed by atoms with Crippen LogP contribution in [0.2, 0.25) is 5.02 Å². The molecule has 6 nitrogen and oxygen atoms in total. The first-order chi connectivity index (χ1) is 11.6. The summed E-state index contributed by atoms with van der Waals surface area (Å²) < 4.78 is 1.75. The zero-order valence-electron chi connectivity index (χ0n) is 13.1. The van der Waals surface area contributed by atoms with Gasteiger partial charge in [-0.25, -0.2) is 0 Å². The van der Waals surface area contributed by atoms with Gasteiger partial charge in [0.1, 0.15) is 0 Å². The summed E-state index contributed by atoms with van der Waals surface area (Å²) in [4.78, 5) is 16.1. The fourth-order valence-corrected chi connectivity index (χ4v) is 2.41. The van der Waals surface area contributed by atoms with E-state index in [1.807, 2.05) is 43.4 Å². The van der Waals surface area contributed by atoms with Gasteiger partial charge in [0.15, 0.2) is 5.82 Å². The van der Waals surface area contributed by atoms with E-state index in [-0.39, 0.29) is 5.91 Å². The second-order valence-corrected chi connectivity index (χ2v) is 5.75. The maximum Gasteiger partial charge on any atom is 0.231 e. The molecule has 2 aromatic heterocycles. The minimum absolute atomic E-state index is 0.110. The van der Waals surface area contributed by atoms with E-state index in [4.69, 9.17) is 11.6 Å². The number of carbonyl (C=O) groups excluding carboxylic acids is 1. The molecule has 0 aliphatic carbocycles. The molecule has 0 spiro atoms. The lowest BCUT2D eigenvalue weighted by atomic mass is 10.1. The smallest absolute Gasteiger partial charge is 0.231 e. The van der Waals surface area contributed by atoms with Crippen molar-refractivity contribution in [2.45, 2.75) is 12.8 Å². The zero-order chi connectivity index (χ0) is 16.9. The second-order valence-electron chi connectivity index (χ2n) is 5.32. The normalized spacial score (nSPS) is 10.6. The highest BCUT2D eigenvalue weighted by Gasteiger charge is 2.13. The number of rotatable bonds is 5. The zero-order valence-corrected chi connectivity index (χ0v) is 13.9. The highest BCUT2D eigenvalue weighted by atomic mass is 35.5. The number of aryl methyl sites for hydroxylation is 1. The number of anilines is 1. The summed E-state index contributed by atoms with van der Waals surface area (Å²) >= 11 is 5.85. The number of amides is 1. The van der Waals surface area contributed by atoms with Crippen molar-refractivity contribution in [3.8, 4) is 11.4 Å². The number of hydrogen-bond donors (Lipinski definition) is 1. The molecule has 0 radical (unpaired) electrons. The topological polar surface area (TPSA) is 72.7 Å². The first-order valence-corrected chi connectivity index (χ1v) is 7.85. The van der Waals surface area contributed by atoms with Gasteiger partial charge < -0.3 is 0 Å². The van der Waals surface area contributed by atoms with Crippen molar-refractivity contribution in [2.24, 2.45) is 7.05 Å². The van der Waals surface area contributed by atoms with E-state index in [1.165, 1.54) is 0 Å². The van der Waals surface area contributed by atoms with E-state index in [0.29, 0.717) is 29.6 Å². The SMILES string of the molecule is Cn1c(NC(=O)CCc2ccc(Cl)cc2)nnc1-c1ccncc1. The van der Waals surface area contributed by atoms with Crippen LogP contribution < -0.4 is 5.32 Å². The monoisotopic (exact) mass is 341 g/mol. The molecule has 24 heavy (non-hydrogen) atoms. The van der Waals surface area contributed by atoms with E-state index in [1.54, 1.807) is 17.0 Å². The summed E-state index contributed by atoms with van der Waals surface area (Å²) in [5.74, 6) is 0.982. The van der Waals surface area contributed by atoms with Gasteiger partial charge in [-0.1, -0.05) is 23.7 Å². The molecular weight excluding hydrogens is 326 g/mol. The van der Waals surface area contributed by atoms with Crippen molar-refractivity contribution in [3.05, 3.63) is 59.4 Å². The molecule has 1 aromatic carbocycles. The number of halogens is 1. The third kappa shape index (κ3) is 3.78. The minimum atomic E-state index is -0.110. The van der Waals surface area contributed by atoms with Gasteiger partial charge in [0.05, 0.1) is 0 Å². The first-order valence-electron chi connectivity index (χ1n) is 7.47. The lowest BCUT2D eigenvalue weighted by Crippen LogP contribution is -2.15. The Hall–Kier alpha value is -2.73. The Balaban J connectivity index is 1.63. The molecule has 3 aromatic rings. The summed E-state index contributed by atoms with van der Waals surface area (Å²) in [6, 6.07) is 11.2. The summed E-state index contributed by atoms with van der Waals surface area (Å²) in [5.41, 5.74) is 1.95. The summed E-state index contributed by atoms with van der Waals surface area (Å²) in [7, 11) is 1.81. The minimum Gasteiger partial charge on any atom is -0.296 e. The maximum atomic E-state index is 12.1. The predicted octanol–water partition coefficient (Wildman–Crippen LogP) is 3.10. The molecule has 1 N–H and O–H groups in total. The highest BCUT2D eigenvalue weighted by Crippen LogP contribution is 2.18. The molecule has 3 rings (SSSR count). The molecule has 0 aliphatic rings. The summed E-state index contributed by atoms with van der Waals surface area (Å²) in [6.45, 7) is 0. The van der Waals surface area contributed by atoms with Crippen molar-refractivity contribution < 1.29 is 4.79 Å². The molecular formula is C17H16ClN5O. The van der Waals surface area contributed by atoms with Gasteiger partial charge in [-0.2, -0.15) is 0 Å². The van der Waals surface area contributed by atoms with Crippen molar-refractivity contribution in [2.75, 3.05) is 5.32 Å². The van der Waals surface area contributed by atoms with Crippen LogP contribution in [0.3, 0.4) is 0 Å². The van der Waals surface area contributed by atoms with E-state index in [0.717, 1.165) is 11.1 Å². The van der Waals surface area contributed by atoms with E-state index in [2.05, 4.69) is 20.5 Å². The van der Waals surface area contributed by atoms with Gasteiger partial charge >= 0.3 is 0 Å². The van der Waals surface area contributed by atoms with Crippen LogP contribution in [0.25, 0.3) is 11.4 Å². The third-order valence-corrected chi connectivity index (χ3v) is 3.87. The second kappa shape index (κ2) is 7.23. The molecule has 0 fully saturated rings. The van der Waals surface area contributed by atoms with Crippen LogP contribution in [0.4, 0.5) is 5.95 Å². The summed E-state index contributed by atoms with van der Waals surface area (Å²) in [6.07, 6.45) is 4.37. The number of carbonyl (C=O) groups is 1. The fraction of sp³-hybridized carbons (Fsp3) is 0.176. The third-order valence-electron chi connectivity index (χ3n) is 3.62. The highest BCUT2D eigenvalue weighted by molar-refractivity contribution is 6.30. The molecule has 0 bridgehead atoms. The number of nitrogens with zero attached hydrogens (tertiary/aromatic N) is 4. The largest absolute Gasteiger partial charge is 0.296 e. The van der Waals surface area contributed by atoms with Crippen LogP contribution in [0.15, 0.2) is 48.8 Å². The summed E-state index contributed by atoms with van der Waals surface area (Å²) in [5, 5.41) is 11.6. The molecule has 0 saturated carbocycles. The van der Waals surface area contributed by atoms with Gasteiger partial charge in [0.2, 0.25) is 11.9 Å². The lowest BCUT2D eigenvalue weighted by Gasteiger charge is -2.06. The van der Waals surface area contributed by atoms with Crippen molar-refractivity contribution in [1.82, 2.24) is 19.7 Å². The van der Waals surface area contributed by atoms with Crippen molar-refractivity contribution in [3.63, 3.8) is 0 Å². The number of aromatic nitrogens is 4. The Bertz CT molecular complexity index is 830. The average molecular weight is 342 g/mol. The van der Waals surface area contributed by atoms with Crippen molar-refractivity contribution in [1.29, 1.82) is 0 Å². The number of pyridine rings is 1. The molecule has 0 atom stereocenters. The van der Waals surface area contributed by atoms with Gasteiger partial charge in [-0.05, 0) is 36.2 Å². The fourth-order valence-electron chi connectivity index (χ4n) is 2.29. The van der Waals surface area contributed by atoms with Gasteiger partial charge in [0.25, 0.3) is 0 Å². The van der Waals surface area contributed by atoms with E-state index < -0.39 is 0 Å². The lowest BCUT2D eigenvalue weighted by molar-refractivity contribution is -0.116. The Morgan fingerprint density at radius 3 is 2.54 bits per heavy atom. The predicted molar refractivity (Wildman–Crippen MR) is 92.6 cm³/mol. The van der Waals surface area contributed by atoms with E-state index >= 15 is 0 Å². The Morgan fingerprint density at radius 2 is 1.83 bits per heavy atom. The maximum absolute atomic E-state index is 12.1. The van der Waals surface area contributed by atoms with Gasteiger partial charge in [0, 0.05) is 36.4 Å². The number of benzene rings is 1. The first kappa shape index (κ1) is 16.1. The van der Waals surface area contributed by atoms with Crippen LogP contribution in [-0.2, 0) is 18.3 Å². The number of hydrogen-bond acceptors (Lipinski definition) is 4. The molecule has 2 heterocycles. The van der Waals surface area contributed by atoms with Crippen molar-refractivity contribution >= 4 is 23.5 Å². The van der Waals surface area contributed by atoms with Crippen LogP contribution in [-0.4, -0.2) is 25.7 Å². The number of nitrogens with one attached hydrogen (secondary N) is 1. The molecule has 122 valence electrons. The Kier molecular flexibility index (Phi) is 4.86. The average Bonchev–Trinajstić information content (AvgIpc) is 2.96. The molecule has 0 saturated heterocycles. The molecule has 7 heteroatoms. The molecule has 0 unspecified atom stereocenters. The Morgan fingerprint density at radius 1 is 1.12 bits per heavy atom. The molecule has 0 aliphatic heterocycles.